The molecule has 0 spiro atoms. The largest absolute Gasteiger partial charge is 0.467 e. The van der Waals surface area contributed by atoms with Gasteiger partial charge in [-0.3, -0.25) is 14.5 Å². The van der Waals surface area contributed by atoms with Gasteiger partial charge in [0.05, 0.1) is 18.3 Å². The number of aryl methyl sites for hydroxylation is 1. The highest BCUT2D eigenvalue weighted by Crippen LogP contribution is 2.30. The molecule has 0 saturated carbocycles. The molecule has 186 valence electrons. The number of halogens is 1. The zero-order chi connectivity index (χ0) is 25.8. The Bertz CT molecular complexity index is 1530. The van der Waals surface area contributed by atoms with Crippen molar-refractivity contribution in [3.63, 3.8) is 0 Å². The number of nitrogens with zero attached hydrogens (tertiary/aromatic N) is 4. The summed E-state index contributed by atoms with van der Waals surface area (Å²) in [5.41, 5.74) is 3.24. The van der Waals surface area contributed by atoms with E-state index in [2.05, 4.69) is 15.6 Å². The van der Waals surface area contributed by atoms with E-state index in [-0.39, 0.29) is 19.0 Å². The first-order valence-corrected chi connectivity index (χ1v) is 11.7. The number of hydrogen-bond donors (Lipinski definition) is 1. The van der Waals surface area contributed by atoms with Crippen LogP contribution in [-0.4, -0.2) is 26.8 Å². The third-order valence-corrected chi connectivity index (χ3v) is 5.96. The molecule has 0 fully saturated rings. The van der Waals surface area contributed by atoms with Gasteiger partial charge in [-0.05, 0) is 66.6 Å². The van der Waals surface area contributed by atoms with Crippen molar-refractivity contribution in [1.82, 2.24) is 20.3 Å². The summed E-state index contributed by atoms with van der Waals surface area (Å²) in [6.07, 6.45) is 1.52. The fourth-order valence-corrected chi connectivity index (χ4v) is 4.20. The number of rotatable bonds is 8. The molecule has 0 unspecified atom stereocenters. The van der Waals surface area contributed by atoms with E-state index in [1.54, 1.807) is 18.2 Å². The van der Waals surface area contributed by atoms with Crippen molar-refractivity contribution >= 4 is 28.5 Å². The van der Waals surface area contributed by atoms with Gasteiger partial charge in [-0.2, -0.15) is 0 Å². The molecule has 2 amide bonds. The Morgan fingerprint density at radius 1 is 1.03 bits per heavy atom. The van der Waals surface area contributed by atoms with Crippen LogP contribution in [0.4, 0.5) is 10.1 Å². The Morgan fingerprint density at radius 3 is 2.59 bits per heavy atom. The summed E-state index contributed by atoms with van der Waals surface area (Å²) >= 11 is 0. The number of amides is 2. The summed E-state index contributed by atoms with van der Waals surface area (Å²) in [5, 5.41) is 11.1. The predicted octanol–water partition coefficient (Wildman–Crippen LogP) is 4.56. The van der Waals surface area contributed by atoms with Gasteiger partial charge in [0.15, 0.2) is 0 Å². The van der Waals surface area contributed by atoms with E-state index in [4.69, 9.17) is 4.42 Å². The summed E-state index contributed by atoms with van der Waals surface area (Å²) in [5.74, 6) is -0.709. The van der Waals surface area contributed by atoms with Crippen LogP contribution in [0, 0.1) is 12.7 Å². The molecule has 2 heterocycles. The standard InChI is InChI=1S/C28H24FN5O3/c1-19-6-4-7-22(16-19)34(26(35)18-33-25-10-3-2-9-24(25)31-32-33)27(20-11-13-21(29)14-12-20)28(36)30-17-23-8-5-15-37-23/h2-16,27H,17-18H2,1H3,(H,30,36)/t27-/m1/s1. The van der Waals surface area contributed by atoms with Gasteiger partial charge in [-0.15, -0.1) is 5.10 Å². The Morgan fingerprint density at radius 2 is 1.84 bits per heavy atom. The first-order chi connectivity index (χ1) is 18.0. The van der Waals surface area contributed by atoms with Crippen molar-refractivity contribution in [1.29, 1.82) is 0 Å². The van der Waals surface area contributed by atoms with E-state index in [1.165, 1.54) is 40.1 Å². The lowest BCUT2D eigenvalue weighted by atomic mass is 10.0. The minimum absolute atomic E-state index is 0.132. The zero-order valence-electron chi connectivity index (χ0n) is 20.0. The van der Waals surface area contributed by atoms with Crippen LogP contribution in [0.3, 0.4) is 0 Å². The molecule has 0 aliphatic rings. The van der Waals surface area contributed by atoms with Crippen LogP contribution in [0.1, 0.15) is 22.9 Å². The van der Waals surface area contributed by atoms with Crippen LogP contribution in [0.2, 0.25) is 0 Å². The normalized spacial score (nSPS) is 11.8. The van der Waals surface area contributed by atoms with Crippen molar-refractivity contribution < 1.29 is 18.4 Å². The average Bonchev–Trinajstić information content (AvgIpc) is 3.57. The third-order valence-electron chi connectivity index (χ3n) is 5.96. The maximum Gasteiger partial charge on any atom is 0.249 e. The molecule has 1 N–H and O–H groups in total. The van der Waals surface area contributed by atoms with Crippen molar-refractivity contribution in [2.75, 3.05) is 4.90 Å². The minimum atomic E-state index is -1.08. The van der Waals surface area contributed by atoms with Crippen molar-refractivity contribution in [3.05, 3.63) is 114 Å². The summed E-state index contributed by atoms with van der Waals surface area (Å²) in [7, 11) is 0. The fraction of sp³-hybridized carbons (Fsp3) is 0.143. The van der Waals surface area contributed by atoms with Gasteiger partial charge in [-0.1, -0.05) is 41.6 Å². The number of anilines is 1. The van der Waals surface area contributed by atoms with Gasteiger partial charge in [-0.25, -0.2) is 9.07 Å². The number of para-hydroxylation sites is 1. The van der Waals surface area contributed by atoms with E-state index >= 15 is 0 Å². The number of hydrogen-bond acceptors (Lipinski definition) is 5. The number of aromatic nitrogens is 3. The summed E-state index contributed by atoms with van der Waals surface area (Å²) in [4.78, 5) is 29.0. The lowest BCUT2D eigenvalue weighted by Gasteiger charge is -2.31. The molecule has 5 aromatic rings. The van der Waals surface area contributed by atoms with Gasteiger partial charge in [0.1, 0.15) is 29.7 Å². The molecule has 0 radical (unpaired) electrons. The molecule has 37 heavy (non-hydrogen) atoms. The number of carbonyl (C=O) groups excluding carboxylic acids is 2. The van der Waals surface area contributed by atoms with E-state index in [1.807, 2.05) is 49.4 Å². The van der Waals surface area contributed by atoms with Gasteiger partial charge in [0.2, 0.25) is 11.8 Å². The van der Waals surface area contributed by atoms with Crippen LogP contribution in [0.25, 0.3) is 11.0 Å². The molecule has 0 saturated heterocycles. The predicted molar refractivity (Wildman–Crippen MR) is 136 cm³/mol. The highest BCUT2D eigenvalue weighted by Gasteiger charge is 2.33. The third kappa shape index (κ3) is 5.25. The molecular weight excluding hydrogens is 473 g/mol. The summed E-state index contributed by atoms with van der Waals surface area (Å²) in [6, 6.07) is 22.6. The monoisotopic (exact) mass is 497 g/mol. The Kier molecular flexibility index (Phi) is 6.76. The number of nitrogens with one attached hydrogen (secondary N) is 1. The maximum atomic E-state index is 13.9. The molecule has 0 aliphatic carbocycles. The highest BCUT2D eigenvalue weighted by molar-refractivity contribution is 6.01. The molecular formula is C28H24FN5O3. The molecule has 8 nitrogen and oxygen atoms in total. The second kappa shape index (κ2) is 10.4. The SMILES string of the molecule is Cc1cccc(N(C(=O)Cn2nnc3ccccc32)[C@@H](C(=O)NCc2ccco2)c2ccc(F)cc2)c1. The van der Waals surface area contributed by atoms with Crippen molar-refractivity contribution in [2.45, 2.75) is 26.1 Å². The summed E-state index contributed by atoms with van der Waals surface area (Å²) in [6.45, 7) is 1.88. The first-order valence-electron chi connectivity index (χ1n) is 11.7. The maximum absolute atomic E-state index is 13.9. The molecule has 2 aromatic heterocycles. The minimum Gasteiger partial charge on any atom is -0.467 e. The topological polar surface area (TPSA) is 93.3 Å². The second-order valence-electron chi connectivity index (χ2n) is 8.59. The number of carbonyl (C=O) groups is 2. The molecule has 5 rings (SSSR count). The molecule has 3 aromatic carbocycles. The van der Waals surface area contributed by atoms with Crippen molar-refractivity contribution in [2.24, 2.45) is 0 Å². The zero-order valence-corrected chi connectivity index (χ0v) is 20.0. The van der Waals surface area contributed by atoms with Gasteiger partial charge >= 0.3 is 0 Å². The first kappa shape index (κ1) is 23.9. The smallest absolute Gasteiger partial charge is 0.249 e. The lowest BCUT2D eigenvalue weighted by Crippen LogP contribution is -2.45. The van der Waals surface area contributed by atoms with E-state index in [0.717, 1.165) is 5.56 Å². The molecule has 9 heteroatoms. The Labute approximate surface area is 212 Å². The second-order valence-corrected chi connectivity index (χ2v) is 8.59. The van der Waals surface area contributed by atoms with Gasteiger partial charge in [0.25, 0.3) is 0 Å². The Balaban J connectivity index is 1.56. The molecule has 0 aliphatic heterocycles. The van der Waals surface area contributed by atoms with Crippen LogP contribution in [0.5, 0.6) is 0 Å². The fourth-order valence-electron chi connectivity index (χ4n) is 4.20. The average molecular weight is 498 g/mol. The Hall–Kier alpha value is -4.79. The van der Waals surface area contributed by atoms with E-state index < -0.39 is 17.8 Å². The number of benzene rings is 3. The van der Waals surface area contributed by atoms with Crippen LogP contribution in [0.15, 0.2) is 95.6 Å². The molecule has 0 bridgehead atoms. The highest BCUT2D eigenvalue weighted by atomic mass is 19.1. The number of furan rings is 1. The lowest BCUT2D eigenvalue weighted by molar-refractivity contribution is -0.127. The van der Waals surface area contributed by atoms with Crippen LogP contribution in [-0.2, 0) is 22.7 Å². The van der Waals surface area contributed by atoms with Gasteiger partial charge < -0.3 is 9.73 Å². The molecule has 1 atom stereocenters. The van der Waals surface area contributed by atoms with Gasteiger partial charge in [0, 0.05) is 5.69 Å². The quantitative estimate of drug-likeness (QED) is 0.339. The number of fused-ring (bicyclic) bond motifs is 1. The summed E-state index contributed by atoms with van der Waals surface area (Å²) < 4.78 is 20.7. The van der Waals surface area contributed by atoms with Crippen LogP contribution >= 0.6 is 0 Å². The van der Waals surface area contributed by atoms with E-state index in [9.17, 15) is 14.0 Å². The van der Waals surface area contributed by atoms with Crippen molar-refractivity contribution in [3.8, 4) is 0 Å². The van der Waals surface area contributed by atoms with Crippen LogP contribution < -0.4 is 10.2 Å². The van der Waals surface area contributed by atoms with E-state index in [0.29, 0.717) is 28.0 Å².